The smallest absolute Gasteiger partial charge is 0.454 e. The number of ether oxygens (including phenoxy) is 2. The number of carbonyl (C=O) groups is 3. The van der Waals surface area contributed by atoms with Crippen molar-refractivity contribution in [3.8, 4) is 11.8 Å². The van der Waals surface area contributed by atoms with E-state index in [4.69, 9.17) is 16.3 Å². The summed E-state index contributed by atoms with van der Waals surface area (Å²) in [6.45, 7) is 1.38. The lowest BCUT2D eigenvalue weighted by atomic mass is 9.93. The number of halogens is 8. The van der Waals surface area contributed by atoms with E-state index in [1.54, 1.807) is 38.1 Å². The second-order valence-corrected chi connectivity index (χ2v) is 13.7. The molecule has 13 nitrogen and oxygen atoms in total. The minimum absolute atomic E-state index is 0.0286. The molecule has 1 aliphatic carbocycles. The van der Waals surface area contributed by atoms with Gasteiger partial charge in [0.15, 0.2) is 6.61 Å². The van der Waals surface area contributed by atoms with E-state index in [2.05, 4.69) is 46.3 Å². The Morgan fingerprint density at radius 2 is 1.43 bits per heavy atom. The van der Waals surface area contributed by atoms with Crippen LogP contribution < -0.4 is 36.1 Å². The monoisotopic (exact) mass is 812 g/mol. The van der Waals surface area contributed by atoms with E-state index in [1.807, 2.05) is 0 Å². The van der Waals surface area contributed by atoms with Gasteiger partial charge in [-0.15, -0.1) is 13.2 Å². The first-order chi connectivity index (χ1) is 26.2. The molecule has 21 heteroatoms. The van der Waals surface area contributed by atoms with Crippen molar-refractivity contribution in [2.45, 2.75) is 44.8 Å². The Kier molecular flexibility index (Phi) is 12.1. The molecule has 5 rings (SSSR count). The van der Waals surface area contributed by atoms with Gasteiger partial charge in [0.1, 0.15) is 11.6 Å². The number of alkyl halides is 6. The van der Waals surface area contributed by atoms with Gasteiger partial charge in [0, 0.05) is 29.5 Å². The third-order valence-electron chi connectivity index (χ3n) is 7.95. The van der Waals surface area contributed by atoms with Gasteiger partial charge in [-0.25, -0.2) is 4.39 Å². The quantitative estimate of drug-likeness (QED) is 0.0671. The molecule has 0 radical (unpaired) electrons. The number of anilines is 4. The molecular formula is C35H32ClF7N8O5. The number of hydrogen-bond donors (Lipinski definition) is 5. The van der Waals surface area contributed by atoms with Gasteiger partial charge in [0.2, 0.25) is 11.9 Å². The average Bonchev–Trinajstić information content (AvgIpc) is 3.89. The van der Waals surface area contributed by atoms with Crippen molar-refractivity contribution in [1.29, 1.82) is 0 Å². The number of amides is 3. The van der Waals surface area contributed by atoms with Crippen molar-refractivity contribution in [3.05, 3.63) is 88.7 Å². The molecule has 0 bridgehead atoms. The number of nitrogens with one attached hydrogen (secondary N) is 5. The van der Waals surface area contributed by atoms with Crippen LogP contribution in [-0.2, 0) is 15.1 Å². The molecule has 56 heavy (non-hydrogen) atoms. The van der Waals surface area contributed by atoms with Crippen LogP contribution >= 0.6 is 11.6 Å². The third kappa shape index (κ3) is 12.0. The minimum atomic E-state index is -4.90. The van der Waals surface area contributed by atoms with Crippen LogP contribution in [0, 0.1) is 11.2 Å². The van der Waals surface area contributed by atoms with Crippen LogP contribution in [0.5, 0.6) is 11.8 Å². The van der Waals surface area contributed by atoms with Crippen LogP contribution in [0.3, 0.4) is 0 Å². The van der Waals surface area contributed by atoms with Gasteiger partial charge in [-0.3, -0.25) is 14.4 Å². The van der Waals surface area contributed by atoms with Crippen molar-refractivity contribution < 1.29 is 54.6 Å². The Bertz CT molecular complexity index is 2060. The minimum Gasteiger partial charge on any atom is -0.454 e. The molecular weight excluding hydrogens is 781 g/mol. The maximum Gasteiger partial charge on any atom is 0.573 e. The SMILES string of the molecule is CC(C)(CNC(=O)C(=O)Nc1ccc(OC(F)(F)F)cc1)CNC(=O)c1ccc(Nc2nc(NC3(c4ccc(Cl)cc4)CC3)nc(OCC(F)(F)F)n2)cc1F. The first-order valence-corrected chi connectivity index (χ1v) is 16.9. The summed E-state index contributed by atoms with van der Waals surface area (Å²) in [5, 5.41) is 13.5. The summed E-state index contributed by atoms with van der Waals surface area (Å²) in [6, 6.07) is 13.8. The van der Waals surface area contributed by atoms with E-state index in [9.17, 15) is 40.7 Å². The van der Waals surface area contributed by atoms with Gasteiger partial charge >= 0.3 is 30.4 Å². The van der Waals surface area contributed by atoms with Gasteiger partial charge in [0.25, 0.3) is 5.91 Å². The largest absolute Gasteiger partial charge is 0.573 e. The number of benzene rings is 3. The van der Waals surface area contributed by atoms with Crippen LogP contribution in [-0.4, -0.2) is 64.9 Å². The van der Waals surface area contributed by atoms with E-state index in [1.165, 1.54) is 6.07 Å². The summed E-state index contributed by atoms with van der Waals surface area (Å²) < 4.78 is 99.6. The number of rotatable bonds is 14. The number of carbonyl (C=O) groups excluding carboxylic acids is 3. The van der Waals surface area contributed by atoms with Crippen LogP contribution in [0.15, 0.2) is 66.7 Å². The zero-order chi connectivity index (χ0) is 40.9. The van der Waals surface area contributed by atoms with E-state index >= 15 is 4.39 Å². The molecule has 0 aliphatic heterocycles. The standard InChI is InChI=1S/C35H32ClF7N8O5/c1-32(2,17-45-27(53)28(54)46-21-7-10-23(11-8-21)56-35(41,42)43)16-44-26(52)24-12-9-22(15-25(24)37)47-29-48-30(50-31(49-29)55-18-34(38,39)40)51-33(13-14-33)19-3-5-20(36)6-4-19/h3-12,15H,13-14,16-18H2,1-2H3,(H,44,52)(H,45,53)(H,46,54)(H2,47,48,49,50,51). The van der Waals surface area contributed by atoms with Crippen LogP contribution in [0.2, 0.25) is 5.02 Å². The van der Waals surface area contributed by atoms with Crippen molar-refractivity contribution in [2.75, 3.05) is 35.6 Å². The molecule has 0 atom stereocenters. The molecule has 0 unspecified atom stereocenters. The lowest BCUT2D eigenvalue weighted by molar-refractivity contribution is -0.274. The highest BCUT2D eigenvalue weighted by Crippen LogP contribution is 2.48. The van der Waals surface area contributed by atoms with Crippen molar-refractivity contribution in [2.24, 2.45) is 5.41 Å². The first-order valence-electron chi connectivity index (χ1n) is 16.5. The molecule has 4 aromatic rings. The summed E-state index contributed by atoms with van der Waals surface area (Å²) >= 11 is 6.00. The lowest BCUT2D eigenvalue weighted by Gasteiger charge is -2.25. The second-order valence-electron chi connectivity index (χ2n) is 13.3. The maximum absolute atomic E-state index is 15.2. The molecule has 0 saturated heterocycles. The van der Waals surface area contributed by atoms with E-state index in [0.29, 0.717) is 17.9 Å². The number of aromatic nitrogens is 3. The average molecular weight is 813 g/mol. The molecule has 1 fully saturated rings. The summed E-state index contributed by atoms with van der Waals surface area (Å²) in [5.41, 5.74) is -0.938. The van der Waals surface area contributed by atoms with Crippen LogP contribution in [0.4, 0.5) is 54.0 Å². The molecule has 298 valence electrons. The predicted molar refractivity (Wildman–Crippen MR) is 188 cm³/mol. The highest BCUT2D eigenvalue weighted by molar-refractivity contribution is 6.39. The number of hydrogen-bond acceptors (Lipinski definition) is 10. The zero-order valence-corrected chi connectivity index (χ0v) is 30.0. The fraction of sp³-hybridized carbons (Fsp3) is 0.314. The molecule has 1 aromatic heterocycles. The molecule has 5 N–H and O–H groups in total. The normalized spacial score (nSPS) is 13.6. The molecule has 1 heterocycles. The van der Waals surface area contributed by atoms with Crippen LogP contribution in [0.25, 0.3) is 0 Å². The van der Waals surface area contributed by atoms with E-state index < -0.39 is 65.4 Å². The third-order valence-corrected chi connectivity index (χ3v) is 8.21. The Labute approximate surface area is 318 Å². The van der Waals surface area contributed by atoms with Crippen LogP contribution in [0.1, 0.15) is 42.6 Å². The Morgan fingerprint density at radius 3 is 2.04 bits per heavy atom. The fourth-order valence-electron chi connectivity index (χ4n) is 4.98. The van der Waals surface area contributed by atoms with Gasteiger partial charge in [0.05, 0.1) is 11.1 Å². The highest BCUT2D eigenvalue weighted by Gasteiger charge is 2.45. The topological polar surface area (TPSA) is 168 Å². The van der Waals surface area contributed by atoms with Crippen molar-refractivity contribution in [1.82, 2.24) is 25.6 Å². The fourth-order valence-corrected chi connectivity index (χ4v) is 5.11. The second kappa shape index (κ2) is 16.4. The van der Waals surface area contributed by atoms with E-state index in [-0.39, 0.29) is 41.9 Å². The predicted octanol–water partition coefficient (Wildman–Crippen LogP) is 6.86. The Balaban J connectivity index is 1.17. The first kappa shape index (κ1) is 41.2. The summed E-state index contributed by atoms with van der Waals surface area (Å²) in [6.07, 6.45) is -8.27. The zero-order valence-electron chi connectivity index (χ0n) is 29.3. The molecule has 1 saturated carbocycles. The van der Waals surface area contributed by atoms with Crippen molar-refractivity contribution >= 4 is 52.6 Å². The van der Waals surface area contributed by atoms with Gasteiger partial charge < -0.3 is 36.1 Å². The maximum atomic E-state index is 15.2. The summed E-state index contributed by atoms with van der Waals surface area (Å²) in [4.78, 5) is 49.6. The lowest BCUT2D eigenvalue weighted by Crippen LogP contribution is -2.45. The van der Waals surface area contributed by atoms with E-state index in [0.717, 1.165) is 42.0 Å². The Hall–Kier alpha value is -5.92. The summed E-state index contributed by atoms with van der Waals surface area (Å²) in [7, 11) is 0. The van der Waals surface area contributed by atoms with Gasteiger partial charge in [-0.2, -0.15) is 28.1 Å². The molecule has 0 spiro atoms. The summed E-state index contributed by atoms with van der Waals surface area (Å²) in [5.74, 6) is -4.90. The van der Waals surface area contributed by atoms with Gasteiger partial charge in [-0.1, -0.05) is 37.6 Å². The molecule has 3 aromatic carbocycles. The Morgan fingerprint density at radius 1 is 0.804 bits per heavy atom. The van der Waals surface area contributed by atoms with Gasteiger partial charge in [-0.05, 0) is 78.4 Å². The highest BCUT2D eigenvalue weighted by atomic mass is 35.5. The molecule has 1 aliphatic rings. The number of nitrogens with zero attached hydrogens (tertiary/aromatic N) is 3. The molecule has 3 amide bonds. The van der Waals surface area contributed by atoms with Crippen molar-refractivity contribution in [3.63, 3.8) is 0 Å².